The second kappa shape index (κ2) is 8.82. The van der Waals surface area contributed by atoms with Crippen molar-refractivity contribution in [3.05, 3.63) is 52.8 Å². The number of allylic oxidation sites excluding steroid dienone is 3. The van der Waals surface area contributed by atoms with E-state index in [4.69, 9.17) is 4.74 Å². The zero-order valence-corrected chi connectivity index (χ0v) is 13.8. The quantitative estimate of drug-likeness (QED) is 0.565. The van der Waals surface area contributed by atoms with Crippen molar-refractivity contribution < 1.29 is 51.3 Å². The van der Waals surface area contributed by atoms with Gasteiger partial charge in [0.05, 0.1) is 0 Å². The number of rotatable bonds is 2. The molecule has 1 nitrogen and oxygen atoms in total. The van der Waals surface area contributed by atoms with Gasteiger partial charge in [0.1, 0.15) is 11.5 Å². The van der Waals surface area contributed by atoms with E-state index in [1.165, 1.54) is 16.7 Å². The summed E-state index contributed by atoms with van der Waals surface area (Å²) in [6.45, 7) is 6.30. The maximum absolute atomic E-state index is 5.89. The molecule has 0 spiro atoms. The van der Waals surface area contributed by atoms with Gasteiger partial charge in [-0.25, -0.2) is 0 Å². The molecule has 0 radical (unpaired) electrons. The molecular formula is C14H16Cl2OTi. The van der Waals surface area contributed by atoms with Crippen molar-refractivity contribution in [2.24, 2.45) is 0 Å². The van der Waals surface area contributed by atoms with Gasteiger partial charge in [-0.3, -0.25) is 0 Å². The normalized spacial score (nSPS) is 11.8. The van der Waals surface area contributed by atoms with Crippen LogP contribution in [0.3, 0.4) is 0 Å². The number of benzene rings is 1. The number of hydrogen-bond acceptors (Lipinski definition) is 1. The minimum atomic E-state index is 0. The van der Waals surface area contributed by atoms with Crippen molar-refractivity contribution in [1.29, 1.82) is 0 Å². The molecule has 0 heterocycles. The Kier molecular flexibility index (Phi) is 9.86. The molecule has 1 aliphatic rings. The van der Waals surface area contributed by atoms with Gasteiger partial charge < -0.3 is 29.6 Å². The van der Waals surface area contributed by atoms with Gasteiger partial charge in [0.15, 0.2) is 0 Å². The van der Waals surface area contributed by atoms with Crippen LogP contribution in [0.15, 0.2) is 36.1 Å². The van der Waals surface area contributed by atoms with E-state index in [2.05, 4.69) is 39.0 Å². The molecule has 0 bridgehead atoms. The zero-order valence-electron chi connectivity index (χ0n) is 10.8. The molecule has 0 atom stereocenters. The first-order chi connectivity index (χ1) is 7.16. The van der Waals surface area contributed by atoms with Gasteiger partial charge in [0, 0.05) is 6.42 Å². The van der Waals surface area contributed by atoms with Crippen LogP contribution >= 0.6 is 0 Å². The van der Waals surface area contributed by atoms with Gasteiger partial charge in [0.25, 0.3) is 0 Å². The molecule has 1 aliphatic carbocycles. The third kappa shape index (κ3) is 4.82. The largest absolute Gasteiger partial charge is 2.00 e. The van der Waals surface area contributed by atoms with Crippen LogP contribution in [0.5, 0.6) is 5.75 Å². The maximum Gasteiger partial charge on any atom is 2.00 e. The van der Waals surface area contributed by atoms with Gasteiger partial charge in [-0.2, -0.15) is 0 Å². The Hall–Kier alpha value is -0.206. The first kappa shape index (κ1) is 20.1. The summed E-state index contributed by atoms with van der Waals surface area (Å²) in [6, 6.07) is 4.32. The summed E-state index contributed by atoms with van der Waals surface area (Å²) in [4.78, 5) is 0. The zero-order chi connectivity index (χ0) is 10.8. The van der Waals surface area contributed by atoms with Crippen LogP contribution in [0.2, 0.25) is 0 Å². The number of aryl methyl sites for hydroxylation is 3. The molecule has 18 heavy (non-hydrogen) atoms. The third-order valence-electron chi connectivity index (χ3n) is 2.58. The average molecular weight is 319 g/mol. The minimum absolute atomic E-state index is 0. The average Bonchev–Trinajstić information content (AvgIpc) is 2.63. The Balaban J connectivity index is 0. The SMILES string of the molecule is Cc1cc(C)c(OC2=CC=CC2)c(C)c1.[Cl-].[Cl-].[Ti+2]. The van der Waals surface area contributed by atoms with E-state index in [9.17, 15) is 0 Å². The third-order valence-corrected chi connectivity index (χ3v) is 2.58. The van der Waals surface area contributed by atoms with Crippen molar-refractivity contribution in [1.82, 2.24) is 0 Å². The van der Waals surface area contributed by atoms with Gasteiger partial charge in [-0.15, -0.1) is 0 Å². The molecule has 0 saturated carbocycles. The monoisotopic (exact) mass is 318 g/mol. The van der Waals surface area contributed by atoms with E-state index in [-0.39, 0.29) is 46.5 Å². The summed E-state index contributed by atoms with van der Waals surface area (Å²) in [5.41, 5.74) is 3.71. The van der Waals surface area contributed by atoms with E-state index < -0.39 is 0 Å². The van der Waals surface area contributed by atoms with E-state index in [1.807, 2.05) is 12.2 Å². The number of halogens is 2. The minimum Gasteiger partial charge on any atom is -1.00 e. The van der Waals surface area contributed by atoms with E-state index >= 15 is 0 Å². The van der Waals surface area contributed by atoms with Crippen molar-refractivity contribution >= 4 is 0 Å². The molecule has 0 unspecified atom stereocenters. The first-order valence-electron chi connectivity index (χ1n) is 5.28. The molecule has 0 saturated heterocycles. The maximum atomic E-state index is 5.89. The Morgan fingerprint density at radius 3 is 2.00 bits per heavy atom. The topological polar surface area (TPSA) is 9.23 Å². The molecule has 0 aromatic heterocycles. The smallest absolute Gasteiger partial charge is 1.00 e. The predicted molar refractivity (Wildman–Crippen MR) is 63.1 cm³/mol. The van der Waals surface area contributed by atoms with Crippen LogP contribution in [0.1, 0.15) is 23.1 Å². The van der Waals surface area contributed by atoms with E-state index in [0.29, 0.717) is 0 Å². The number of ether oxygens (including phenoxy) is 1. The summed E-state index contributed by atoms with van der Waals surface area (Å²) in [6.07, 6.45) is 7.08. The van der Waals surface area contributed by atoms with Crippen molar-refractivity contribution in [2.45, 2.75) is 27.2 Å². The Morgan fingerprint density at radius 2 is 1.56 bits per heavy atom. The summed E-state index contributed by atoms with van der Waals surface area (Å²) in [5.74, 6) is 2.04. The van der Waals surface area contributed by atoms with E-state index in [0.717, 1.165) is 17.9 Å². The number of hydrogen-bond donors (Lipinski definition) is 0. The second-order valence-electron chi connectivity index (χ2n) is 4.10. The summed E-state index contributed by atoms with van der Waals surface area (Å²) < 4.78 is 5.89. The van der Waals surface area contributed by atoms with E-state index in [1.54, 1.807) is 0 Å². The van der Waals surface area contributed by atoms with Crippen molar-refractivity contribution in [3.63, 3.8) is 0 Å². The van der Waals surface area contributed by atoms with Gasteiger partial charge in [0.2, 0.25) is 0 Å². The fourth-order valence-electron chi connectivity index (χ4n) is 1.96. The van der Waals surface area contributed by atoms with Crippen molar-refractivity contribution in [2.75, 3.05) is 0 Å². The van der Waals surface area contributed by atoms with Crippen LogP contribution in [0.4, 0.5) is 0 Å². The van der Waals surface area contributed by atoms with Crippen LogP contribution < -0.4 is 29.6 Å². The fourth-order valence-corrected chi connectivity index (χ4v) is 1.96. The van der Waals surface area contributed by atoms with Gasteiger partial charge in [-0.05, 0) is 38.0 Å². The molecule has 0 aliphatic heterocycles. The molecule has 4 heteroatoms. The van der Waals surface area contributed by atoms with Crippen LogP contribution in [-0.2, 0) is 21.7 Å². The summed E-state index contributed by atoms with van der Waals surface area (Å²) >= 11 is 0. The molecular weight excluding hydrogens is 303 g/mol. The molecule has 0 N–H and O–H groups in total. The molecule has 1 aromatic carbocycles. The molecule has 0 fully saturated rings. The molecule has 2 rings (SSSR count). The fraction of sp³-hybridized carbons (Fsp3) is 0.286. The Morgan fingerprint density at radius 1 is 1.00 bits per heavy atom. The van der Waals surface area contributed by atoms with Crippen molar-refractivity contribution in [3.8, 4) is 5.75 Å². The first-order valence-corrected chi connectivity index (χ1v) is 5.28. The molecule has 0 amide bonds. The Bertz CT molecular complexity index is 430. The molecule has 1 aromatic rings. The van der Waals surface area contributed by atoms with Gasteiger partial charge in [-0.1, -0.05) is 29.8 Å². The van der Waals surface area contributed by atoms with Crippen LogP contribution in [0.25, 0.3) is 0 Å². The van der Waals surface area contributed by atoms with Crippen LogP contribution in [0, 0.1) is 20.8 Å². The van der Waals surface area contributed by atoms with Crippen LogP contribution in [-0.4, -0.2) is 0 Å². The predicted octanol–water partition coefficient (Wildman–Crippen LogP) is -2.16. The Labute approximate surface area is 136 Å². The van der Waals surface area contributed by atoms with Gasteiger partial charge >= 0.3 is 21.7 Å². The summed E-state index contributed by atoms with van der Waals surface area (Å²) in [7, 11) is 0. The second-order valence-corrected chi connectivity index (χ2v) is 4.10. The standard InChI is InChI=1S/C14H16O.2ClH.Ti/c1-10-8-11(2)14(12(3)9-10)15-13-6-4-5-7-13;;;/h4-6,8-9H,7H2,1-3H3;2*1H;/q;;;+2/p-2. The molecule has 96 valence electrons. The summed E-state index contributed by atoms with van der Waals surface area (Å²) in [5, 5.41) is 0.